The molecular formula is C13H30IN3O2S. The fourth-order valence-corrected chi connectivity index (χ4v) is 2.18. The van der Waals surface area contributed by atoms with Crippen molar-refractivity contribution in [2.75, 3.05) is 38.6 Å². The first-order valence-corrected chi connectivity index (χ1v) is 8.22. The monoisotopic (exact) mass is 419 g/mol. The van der Waals surface area contributed by atoms with Crippen molar-refractivity contribution in [3.8, 4) is 0 Å². The van der Waals surface area contributed by atoms with Crippen LogP contribution in [0.1, 0.15) is 34.6 Å². The summed E-state index contributed by atoms with van der Waals surface area (Å²) in [5, 5.41) is 6.35. The quantitative estimate of drug-likeness (QED) is 0.272. The fourth-order valence-electron chi connectivity index (χ4n) is 1.28. The molecule has 0 heterocycles. The molecule has 0 bridgehead atoms. The number of nitrogens with zero attached hydrogens (tertiary/aromatic N) is 1. The first kappa shape index (κ1) is 22.4. The minimum atomic E-state index is -0.836. The van der Waals surface area contributed by atoms with Crippen LogP contribution in [0, 0.1) is 0 Å². The van der Waals surface area contributed by atoms with Crippen LogP contribution in [0.2, 0.25) is 0 Å². The van der Waals surface area contributed by atoms with Crippen LogP contribution in [0.4, 0.5) is 0 Å². The van der Waals surface area contributed by atoms with Crippen LogP contribution >= 0.6 is 24.0 Å². The smallest absolute Gasteiger partial charge is 0.191 e. The summed E-state index contributed by atoms with van der Waals surface area (Å²) in [6.45, 7) is 13.4. The first-order chi connectivity index (χ1) is 8.91. The zero-order valence-corrected chi connectivity index (χ0v) is 16.5. The van der Waals surface area contributed by atoms with Gasteiger partial charge in [0, 0.05) is 41.0 Å². The van der Waals surface area contributed by atoms with Gasteiger partial charge >= 0.3 is 0 Å². The number of hydrogen-bond donors (Lipinski definition) is 2. The van der Waals surface area contributed by atoms with Crippen LogP contribution in [0.15, 0.2) is 4.99 Å². The largest absolute Gasteiger partial charge is 0.380 e. The Morgan fingerprint density at radius 2 is 1.90 bits per heavy atom. The molecule has 2 N–H and O–H groups in total. The van der Waals surface area contributed by atoms with Crippen LogP contribution in [-0.2, 0) is 15.5 Å². The van der Waals surface area contributed by atoms with Crippen molar-refractivity contribution in [1.82, 2.24) is 10.6 Å². The Kier molecular flexibility index (Phi) is 14.4. The molecule has 0 aromatic heterocycles. The molecule has 0 radical (unpaired) electrons. The molecule has 0 fully saturated rings. The van der Waals surface area contributed by atoms with Crippen molar-refractivity contribution in [3.05, 3.63) is 0 Å². The Balaban J connectivity index is 0. The summed E-state index contributed by atoms with van der Waals surface area (Å²) in [7, 11) is -0.836. The van der Waals surface area contributed by atoms with Crippen LogP contribution in [0.5, 0.6) is 0 Å². The number of halogens is 1. The molecule has 0 amide bonds. The predicted octanol–water partition coefficient (Wildman–Crippen LogP) is 1.74. The molecule has 0 aliphatic carbocycles. The van der Waals surface area contributed by atoms with Gasteiger partial charge in [-0.05, 0) is 34.6 Å². The molecule has 7 heteroatoms. The number of nitrogens with one attached hydrogen (secondary N) is 2. The van der Waals surface area contributed by atoms with Gasteiger partial charge in [-0.3, -0.25) is 9.20 Å². The number of aliphatic imine (C=N–C) groups is 1. The molecule has 0 rings (SSSR count). The van der Waals surface area contributed by atoms with Gasteiger partial charge in [0.05, 0.1) is 13.2 Å². The lowest BCUT2D eigenvalue weighted by Crippen LogP contribution is -2.40. The van der Waals surface area contributed by atoms with E-state index in [2.05, 4.69) is 15.6 Å². The zero-order chi connectivity index (χ0) is 14.7. The molecule has 0 saturated carbocycles. The molecule has 0 aromatic rings. The first-order valence-electron chi connectivity index (χ1n) is 6.90. The highest BCUT2D eigenvalue weighted by Crippen LogP contribution is 2.10. The topological polar surface area (TPSA) is 62.7 Å². The molecule has 0 spiro atoms. The van der Waals surface area contributed by atoms with Gasteiger partial charge < -0.3 is 15.4 Å². The van der Waals surface area contributed by atoms with Gasteiger partial charge in [-0.1, -0.05) is 0 Å². The molecule has 20 heavy (non-hydrogen) atoms. The van der Waals surface area contributed by atoms with E-state index in [1.165, 1.54) is 0 Å². The highest BCUT2D eigenvalue weighted by molar-refractivity contribution is 14.0. The van der Waals surface area contributed by atoms with Gasteiger partial charge in [-0.15, -0.1) is 24.0 Å². The predicted molar refractivity (Wildman–Crippen MR) is 98.7 cm³/mol. The van der Waals surface area contributed by atoms with E-state index < -0.39 is 10.8 Å². The molecule has 1 atom stereocenters. The number of ether oxygens (including phenoxy) is 1. The van der Waals surface area contributed by atoms with Gasteiger partial charge in [0.25, 0.3) is 0 Å². The Morgan fingerprint density at radius 1 is 1.25 bits per heavy atom. The van der Waals surface area contributed by atoms with E-state index in [-0.39, 0.29) is 28.7 Å². The van der Waals surface area contributed by atoms with Gasteiger partial charge in [0.15, 0.2) is 5.96 Å². The summed E-state index contributed by atoms with van der Waals surface area (Å²) >= 11 is 0. The Hall–Kier alpha value is 0.110. The van der Waals surface area contributed by atoms with E-state index in [0.717, 1.165) is 12.5 Å². The summed E-state index contributed by atoms with van der Waals surface area (Å²) in [6.07, 6.45) is 0. The van der Waals surface area contributed by atoms with Crippen LogP contribution in [0.25, 0.3) is 0 Å². The molecule has 0 aliphatic rings. The highest BCUT2D eigenvalue weighted by atomic mass is 127. The molecule has 0 aromatic carbocycles. The summed E-state index contributed by atoms with van der Waals surface area (Å²) in [6, 6.07) is 0. The second kappa shape index (κ2) is 12.8. The zero-order valence-electron chi connectivity index (χ0n) is 13.3. The maximum absolute atomic E-state index is 11.9. The average molecular weight is 419 g/mol. The second-order valence-corrected chi connectivity index (χ2v) is 7.37. The summed E-state index contributed by atoms with van der Waals surface area (Å²) < 4.78 is 17.0. The Morgan fingerprint density at radius 3 is 2.40 bits per heavy atom. The van der Waals surface area contributed by atoms with Crippen molar-refractivity contribution in [1.29, 1.82) is 0 Å². The van der Waals surface area contributed by atoms with E-state index in [1.54, 1.807) is 0 Å². The molecule has 1 unspecified atom stereocenters. The second-order valence-electron chi connectivity index (χ2n) is 5.05. The minimum absolute atomic E-state index is 0. The number of hydrogen-bond acceptors (Lipinski definition) is 3. The van der Waals surface area contributed by atoms with Gasteiger partial charge in [-0.25, -0.2) is 0 Å². The van der Waals surface area contributed by atoms with Crippen molar-refractivity contribution < 1.29 is 8.95 Å². The average Bonchev–Trinajstić information content (AvgIpc) is 2.33. The maximum atomic E-state index is 11.9. The number of rotatable bonds is 8. The maximum Gasteiger partial charge on any atom is 0.191 e. The van der Waals surface area contributed by atoms with Crippen LogP contribution in [0.3, 0.4) is 0 Å². The Bertz CT molecular complexity index is 294. The SMILES string of the molecule is CCNC(=NCCOCC)NCCS(=O)C(C)(C)C.I. The van der Waals surface area contributed by atoms with Crippen molar-refractivity contribution in [3.63, 3.8) is 0 Å². The van der Waals surface area contributed by atoms with Crippen LogP contribution in [-0.4, -0.2) is 53.5 Å². The molecule has 0 saturated heterocycles. The third kappa shape index (κ3) is 11.9. The lowest BCUT2D eigenvalue weighted by Gasteiger charge is -2.18. The van der Waals surface area contributed by atoms with E-state index in [4.69, 9.17) is 4.74 Å². The third-order valence-corrected chi connectivity index (χ3v) is 4.26. The molecular weight excluding hydrogens is 389 g/mol. The fraction of sp³-hybridized carbons (Fsp3) is 0.923. The highest BCUT2D eigenvalue weighted by Gasteiger charge is 2.18. The van der Waals surface area contributed by atoms with Crippen molar-refractivity contribution in [2.45, 2.75) is 39.4 Å². The minimum Gasteiger partial charge on any atom is -0.380 e. The summed E-state index contributed by atoms with van der Waals surface area (Å²) in [4.78, 5) is 4.38. The lowest BCUT2D eigenvalue weighted by atomic mass is 10.3. The summed E-state index contributed by atoms with van der Waals surface area (Å²) in [5.74, 6) is 1.38. The van der Waals surface area contributed by atoms with Crippen molar-refractivity contribution in [2.24, 2.45) is 4.99 Å². The third-order valence-electron chi connectivity index (χ3n) is 2.32. The van der Waals surface area contributed by atoms with E-state index in [9.17, 15) is 4.21 Å². The van der Waals surface area contributed by atoms with E-state index >= 15 is 0 Å². The lowest BCUT2D eigenvalue weighted by molar-refractivity contribution is 0.155. The summed E-state index contributed by atoms with van der Waals surface area (Å²) in [5.41, 5.74) is 0. The standard InChI is InChI=1S/C13H29N3O2S.HI/c1-6-14-12(15-8-10-18-7-2)16-9-11-19(17)13(3,4)5;/h6-11H2,1-5H3,(H2,14,15,16);1H. The van der Waals surface area contributed by atoms with E-state index in [1.807, 2.05) is 34.6 Å². The van der Waals surface area contributed by atoms with Crippen molar-refractivity contribution >= 4 is 40.7 Å². The normalized spacial score (nSPS) is 13.6. The Labute approximate surface area is 143 Å². The molecule has 5 nitrogen and oxygen atoms in total. The molecule has 122 valence electrons. The number of guanidine groups is 1. The van der Waals surface area contributed by atoms with Crippen LogP contribution < -0.4 is 10.6 Å². The molecule has 0 aliphatic heterocycles. The van der Waals surface area contributed by atoms with Gasteiger partial charge in [0.1, 0.15) is 0 Å². The van der Waals surface area contributed by atoms with Gasteiger partial charge in [0.2, 0.25) is 0 Å². The van der Waals surface area contributed by atoms with Gasteiger partial charge in [-0.2, -0.15) is 0 Å². The van der Waals surface area contributed by atoms with E-state index in [0.29, 0.717) is 32.1 Å².